The van der Waals surface area contributed by atoms with Gasteiger partial charge >= 0.3 is 0 Å². The fourth-order valence-electron chi connectivity index (χ4n) is 4.77. The third-order valence-electron chi connectivity index (χ3n) is 6.98. The topological polar surface area (TPSA) is 86.8 Å². The molecule has 0 unspecified atom stereocenters. The minimum atomic E-state index is -3.59. The van der Waals surface area contributed by atoms with Gasteiger partial charge in [0, 0.05) is 35.0 Å². The average molecular weight is 627 g/mol. The SMILES string of the molecule is Cc1ccc(Cl)cc1N(CCCC(=O)N(Cc1ccc(Br)cc1)[C@H](C)C(=O)NC1CCCCC1)S(C)(=O)=O. The number of benzene rings is 2. The summed E-state index contributed by atoms with van der Waals surface area (Å²) in [4.78, 5) is 28.2. The van der Waals surface area contributed by atoms with Crippen LogP contribution in [0.5, 0.6) is 0 Å². The number of nitrogens with one attached hydrogen (secondary N) is 1. The standard InChI is InChI=1S/C28H37BrClN3O4S/c1-20-11-16-24(30)18-26(20)33(38(3,36)37)17-7-10-27(34)32(19-22-12-14-23(29)15-13-22)21(2)28(35)31-25-8-5-4-6-9-25/h11-16,18,21,25H,4-10,17,19H2,1-3H3,(H,31,35)/t21-/m1/s1. The number of sulfonamides is 1. The molecular weight excluding hydrogens is 590 g/mol. The fourth-order valence-corrected chi connectivity index (χ4v) is 6.22. The van der Waals surface area contributed by atoms with E-state index in [0.29, 0.717) is 17.1 Å². The van der Waals surface area contributed by atoms with Crippen molar-refractivity contribution >= 4 is 55.1 Å². The Kier molecular flexibility index (Phi) is 11.1. The zero-order valence-electron chi connectivity index (χ0n) is 22.3. The lowest BCUT2D eigenvalue weighted by molar-refractivity contribution is -0.141. The molecule has 1 aliphatic rings. The van der Waals surface area contributed by atoms with E-state index in [1.807, 2.05) is 31.2 Å². The largest absolute Gasteiger partial charge is 0.352 e. The molecule has 10 heteroatoms. The predicted octanol–water partition coefficient (Wildman–Crippen LogP) is 5.82. The van der Waals surface area contributed by atoms with E-state index in [9.17, 15) is 18.0 Å². The minimum absolute atomic E-state index is 0.100. The zero-order valence-corrected chi connectivity index (χ0v) is 25.4. The van der Waals surface area contributed by atoms with E-state index in [-0.39, 0.29) is 37.4 Å². The lowest BCUT2D eigenvalue weighted by Crippen LogP contribution is -2.50. The van der Waals surface area contributed by atoms with Crippen LogP contribution < -0.4 is 9.62 Å². The van der Waals surface area contributed by atoms with Crippen LogP contribution in [-0.2, 0) is 26.2 Å². The average Bonchev–Trinajstić information content (AvgIpc) is 2.87. The first-order chi connectivity index (χ1) is 18.0. The quantitative estimate of drug-likeness (QED) is 0.340. The normalized spacial score (nSPS) is 15.1. The first kappa shape index (κ1) is 30.4. The summed E-state index contributed by atoms with van der Waals surface area (Å²) in [5, 5.41) is 3.57. The van der Waals surface area contributed by atoms with Crippen molar-refractivity contribution in [3.05, 3.63) is 63.1 Å². The number of nitrogens with zero attached hydrogens (tertiary/aromatic N) is 2. The highest BCUT2D eigenvalue weighted by Gasteiger charge is 2.28. The Morgan fingerprint density at radius 2 is 1.76 bits per heavy atom. The van der Waals surface area contributed by atoms with E-state index in [2.05, 4.69) is 21.2 Å². The molecule has 0 spiro atoms. The van der Waals surface area contributed by atoms with Gasteiger partial charge < -0.3 is 10.2 Å². The second-order valence-corrected chi connectivity index (χ2v) is 13.3. The molecule has 1 atom stereocenters. The van der Waals surface area contributed by atoms with Gasteiger partial charge in [-0.25, -0.2) is 8.42 Å². The molecule has 2 amide bonds. The number of anilines is 1. The second-order valence-electron chi connectivity index (χ2n) is 10.0. The maximum Gasteiger partial charge on any atom is 0.242 e. The van der Waals surface area contributed by atoms with Crippen molar-refractivity contribution in [2.45, 2.75) is 77.4 Å². The number of carbonyl (C=O) groups excluding carboxylic acids is 2. The molecule has 1 aliphatic carbocycles. The van der Waals surface area contributed by atoms with E-state index < -0.39 is 16.1 Å². The molecule has 38 heavy (non-hydrogen) atoms. The molecule has 1 saturated carbocycles. The molecule has 0 aromatic heterocycles. The van der Waals surface area contributed by atoms with Crippen molar-refractivity contribution in [3.63, 3.8) is 0 Å². The summed E-state index contributed by atoms with van der Waals surface area (Å²) in [6.45, 7) is 3.99. The molecule has 2 aromatic rings. The first-order valence-electron chi connectivity index (χ1n) is 13.0. The third kappa shape index (κ3) is 8.71. The molecule has 1 fully saturated rings. The number of amides is 2. The van der Waals surface area contributed by atoms with E-state index in [1.165, 1.54) is 10.7 Å². The molecule has 7 nitrogen and oxygen atoms in total. The Bertz CT molecular complexity index is 1220. The molecule has 0 bridgehead atoms. The van der Waals surface area contributed by atoms with Gasteiger partial charge in [0.05, 0.1) is 11.9 Å². The van der Waals surface area contributed by atoms with Gasteiger partial charge in [-0.3, -0.25) is 13.9 Å². The van der Waals surface area contributed by atoms with Crippen LogP contribution in [0.15, 0.2) is 46.9 Å². The van der Waals surface area contributed by atoms with Gasteiger partial charge in [-0.2, -0.15) is 0 Å². The van der Waals surface area contributed by atoms with Crippen molar-refractivity contribution in [1.82, 2.24) is 10.2 Å². The monoisotopic (exact) mass is 625 g/mol. The summed E-state index contributed by atoms with van der Waals surface area (Å²) in [6.07, 6.45) is 6.86. The summed E-state index contributed by atoms with van der Waals surface area (Å²) < 4.78 is 27.4. The van der Waals surface area contributed by atoms with Crippen LogP contribution in [-0.4, -0.2) is 50.0 Å². The smallest absolute Gasteiger partial charge is 0.242 e. The van der Waals surface area contributed by atoms with E-state index in [1.54, 1.807) is 30.0 Å². The van der Waals surface area contributed by atoms with Crippen molar-refractivity contribution in [3.8, 4) is 0 Å². The Morgan fingerprint density at radius 3 is 2.39 bits per heavy atom. The van der Waals surface area contributed by atoms with Crippen molar-refractivity contribution in [2.75, 3.05) is 17.1 Å². The Hall–Kier alpha value is -2.10. The Labute approximate surface area is 240 Å². The van der Waals surface area contributed by atoms with Crippen molar-refractivity contribution in [1.29, 1.82) is 0 Å². The molecule has 2 aromatic carbocycles. The van der Waals surface area contributed by atoms with Gasteiger partial charge in [0.25, 0.3) is 0 Å². The second kappa shape index (κ2) is 13.8. The van der Waals surface area contributed by atoms with Crippen LogP contribution >= 0.6 is 27.5 Å². The first-order valence-corrected chi connectivity index (χ1v) is 16.1. The Balaban J connectivity index is 1.73. The molecule has 1 N–H and O–H groups in total. The maximum absolute atomic E-state index is 13.5. The highest BCUT2D eigenvalue weighted by atomic mass is 79.9. The molecule has 208 valence electrons. The number of halogens is 2. The molecule has 3 rings (SSSR count). The van der Waals surface area contributed by atoms with E-state index in [4.69, 9.17) is 11.6 Å². The lowest BCUT2D eigenvalue weighted by Gasteiger charge is -2.31. The minimum Gasteiger partial charge on any atom is -0.352 e. The molecule has 0 heterocycles. The molecular formula is C28H37BrClN3O4S. The van der Waals surface area contributed by atoms with Gasteiger partial charge in [0.1, 0.15) is 6.04 Å². The fraction of sp³-hybridized carbons (Fsp3) is 0.500. The number of aryl methyl sites for hydroxylation is 1. The van der Waals surface area contributed by atoms with Crippen molar-refractivity contribution in [2.24, 2.45) is 0 Å². The van der Waals surface area contributed by atoms with Gasteiger partial charge in [-0.1, -0.05) is 65.0 Å². The summed E-state index contributed by atoms with van der Waals surface area (Å²) in [6, 6.07) is 12.2. The lowest BCUT2D eigenvalue weighted by atomic mass is 9.95. The Morgan fingerprint density at radius 1 is 1.11 bits per heavy atom. The summed E-state index contributed by atoms with van der Waals surface area (Å²) in [5.41, 5.74) is 2.18. The zero-order chi connectivity index (χ0) is 27.9. The van der Waals surface area contributed by atoms with Gasteiger partial charge in [0.15, 0.2) is 0 Å². The predicted molar refractivity (Wildman–Crippen MR) is 157 cm³/mol. The maximum atomic E-state index is 13.5. The number of hydrogen-bond acceptors (Lipinski definition) is 4. The number of rotatable bonds is 11. The summed E-state index contributed by atoms with van der Waals surface area (Å²) >= 11 is 9.57. The van der Waals surface area contributed by atoms with E-state index >= 15 is 0 Å². The highest BCUT2D eigenvalue weighted by molar-refractivity contribution is 9.10. The molecule has 0 radical (unpaired) electrons. The molecule has 0 saturated heterocycles. The summed E-state index contributed by atoms with van der Waals surface area (Å²) in [7, 11) is -3.59. The van der Waals surface area contributed by atoms with Gasteiger partial charge in [-0.15, -0.1) is 0 Å². The highest BCUT2D eigenvalue weighted by Crippen LogP contribution is 2.27. The third-order valence-corrected chi connectivity index (χ3v) is 8.92. The van der Waals surface area contributed by atoms with Crippen molar-refractivity contribution < 1.29 is 18.0 Å². The summed E-state index contributed by atoms with van der Waals surface area (Å²) in [5.74, 6) is -0.356. The van der Waals surface area contributed by atoms with Crippen LogP contribution in [0.4, 0.5) is 5.69 Å². The van der Waals surface area contributed by atoms with Gasteiger partial charge in [-0.05, 0) is 68.5 Å². The van der Waals surface area contributed by atoms with Crippen LogP contribution in [0.3, 0.4) is 0 Å². The van der Waals surface area contributed by atoms with E-state index in [0.717, 1.165) is 47.5 Å². The van der Waals surface area contributed by atoms with Crippen LogP contribution in [0.1, 0.15) is 63.0 Å². The molecule has 0 aliphatic heterocycles. The van der Waals surface area contributed by atoms with Crippen LogP contribution in [0.2, 0.25) is 5.02 Å². The number of hydrogen-bond donors (Lipinski definition) is 1. The van der Waals surface area contributed by atoms with Crippen LogP contribution in [0, 0.1) is 6.92 Å². The number of carbonyl (C=O) groups is 2. The van der Waals surface area contributed by atoms with Gasteiger partial charge in [0.2, 0.25) is 21.8 Å². The van der Waals surface area contributed by atoms with Crippen LogP contribution in [0.25, 0.3) is 0 Å².